The Morgan fingerprint density at radius 2 is 2.32 bits per heavy atom. The Balaban J connectivity index is 1.31. The molecule has 132 valence electrons. The van der Waals surface area contributed by atoms with Crippen molar-refractivity contribution in [3.63, 3.8) is 0 Å². The number of carbonyl (C=O) groups excluding carboxylic acids is 1. The summed E-state index contributed by atoms with van der Waals surface area (Å²) in [6.45, 7) is 6.29. The van der Waals surface area contributed by atoms with E-state index in [-0.39, 0.29) is 12.0 Å². The molecule has 2 fully saturated rings. The van der Waals surface area contributed by atoms with Crippen LogP contribution in [0.3, 0.4) is 0 Å². The van der Waals surface area contributed by atoms with Crippen LogP contribution in [0.2, 0.25) is 0 Å². The third-order valence-corrected chi connectivity index (χ3v) is 5.97. The van der Waals surface area contributed by atoms with E-state index < -0.39 is 0 Å². The summed E-state index contributed by atoms with van der Waals surface area (Å²) in [4.78, 5) is 28.2. The van der Waals surface area contributed by atoms with Gasteiger partial charge in [0.05, 0.1) is 30.1 Å². The molecule has 1 amide bonds. The number of fused-ring (bicyclic) bond motifs is 1. The smallest absolute Gasteiger partial charge is 0.271 e. The third kappa shape index (κ3) is 3.56. The van der Waals surface area contributed by atoms with Crippen LogP contribution < -0.4 is 5.32 Å². The molecule has 0 saturated carbocycles. The van der Waals surface area contributed by atoms with Crippen molar-refractivity contribution in [1.29, 1.82) is 0 Å². The van der Waals surface area contributed by atoms with Crippen LogP contribution in [0, 0.1) is 18.8 Å². The van der Waals surface area contributed by atoms with E-state index in [4.69, 9.17) is 4.74 Å². The Bertz CT molecular complexity index is 738. The fourth-order valence-electron chi connectivity index (χ4n) is 3.63. The van der Waals surface area contributed by atoms with E-state index in [1.165, 1.54) is 17.3 Å². The molecule has 8 heteroatoms. The number of hydrogen-bond acceptors (Lipinski definition) is 7. The predicted molar refractivity (Wildman–Crippen MR) is 93.2 cm³/mol. The minimum atomic E-state index is -0.174. The summed E-state index contributed by atoms with van der Waals surface area (Å²) in [5.41, 5.74) is 3.38. The highest BCUT2D eigenvalue weighted by Crippen LogP contribution is 2.34. The van der Waals surface area contributed by atoms with Gasteiger partial charge in [-0.1, -0.05) is 0 Å². The number of carbonyl (C=O) groups is 1. The number of amides is 1. The number of hydrogen-bond donors (Lipinski definition) is 1. The van der Waals surface area contributed by atoms with Gasteiger partial charge >= 0.3 is 0 Å². The number of aromatic nitrogens is 3. The van der Waals surface area contributed by atoms with Crippen LogP contribution in [0.25, 0.3) is 0 Å². The van der Waals surface area contributed by atoms with Crippen molar-refractivity contribution in [3.8, 4) is 0 Å². The van der Waals surface area contributed by atoms with Crippen LogP contribution in [-0.2, 0) is 11.3 Å². The van der Waals surface area contributed by atoms with Gasteiger partial charge in [-0.25, -0.2) is 9.97 Å². The molecule has 0 aromatic carbocycles. The second-order valence-electron chi connectivity index (χ2n) is 6.65. The van der Waals surface area contributed by atoms with Gasteiger partial charge in [-0.05, 0) is 6.92 Å². The molecule has 4 rings (SSSR count). The van der Waals surface area contributed by atoms with Gasteiger partial charge in [0.1, 0.15) is 5.69 Å². The van der Waals surface area contributed by atoms with Crippen molar-refractivity contribution in [2.75, 3.05) is 26.2 Å². The molecule has 3 atom stereocenters. The quantitative estimate of drug-likeness (QED) is 0.862. The molecule has 0 bridgehead atoms. The first kappa shape index (κ1) is 16.6. The van der Waals surface area contributed by atoms with E-state index in [0.717, 1.165) is 25.3 Å². The highest BCUT2D eigenvalue weighted by Gasteiger charge is 2.43. The number of aryl methyl sites for hydroxylation is 1. The van der Waals surface area contributed by atoms with E-state index in [2.05, 4.69) is 32.1 Å². The van der Waals surface area contributed by atoms with Gasteiger partial charge in [0.25, 0.3) is 5.91 Å². The fraction of sp³-hybridized carbons (Fsp3) is 0.529. The van der Waals surface area contributed by atoms with Crippen molar-refractivity contribution >= 4 is 17.2 Å². The summed E-state index contributed by atoms with van der Waals surface area (Å²) in [7, 11) is 0. The zero-order valence-corrected chi connectivity index (χ0v) is 14.9. The first-order chi connectivity index (χ1) is 12.2. The van der Waals surface area contributed by atoms with E-state index in [1.54, 1.807) is 17.5 Å². The van der Waals surface area contributed by atoms with Crippen LogP contribution in [0.4, 0.5) is 0 Å². The SMILES string of the molecule is Cc1ncsc1CN1C[C@@H]2[C@@H](CNC(=O)c3cnccn3)CO[C@@H]2C1. The van der Waals surface area contributed by atoms with Crippen molar-refractivity contribution in [2.45, 2.75) is 19.6 Å². The van der Waals surface area contributed by atoms with Gasteiger partial charge < -0.3 is 10.1 Å². The van der Waals surface area contributed by atoms with Gasteiger partial charge in [-0.15, -0.1) is 11.3 Å². The molecule has 0 aliphatic carbocycles. The Morgan fingerprint density at radius 1 is 1.40 bits per heavy atom. The number of thiazole rings is 1. The van der Waals surface area contributed by atoms with Crippen molar-refractivity contribution < 1.29 is 9.53 Å². The highest BCUT2D eigenvalue weighted by atomic mass is 32.1. The molecule has 2 saturated heterocycles. The molecule has 2 aliphatic heterocycles. The minimum Gasteiger partial charge on any atom is -0.376 e. The van der Waals surface area contributed by atoms with Crippen molar-refractivity contribution in [3.05, 3.63) is 40.4 Å². The van der Waals surface area contributed by atoms with Gasteiger partial charge in [0.2, 0.25) is 0 Å². The largest absolute Gasteiger partial charge is 0.376 e. The van der Waals surface area contributed by atoms with Crippen LogP contribution >= 0.6 is 11.3 Å². The number of rotatable bonds is 5. The second-order valence-corrected chi connectivity index (χ2v) is 7.59. The molecule has 0 spiro atoms. The van der Waals surface area contributed by atoms with E-state index in [1.807, 2.05) is 5.51 Å². The Hall–Kier alpha value is -1.90. The summed E-state index contributed by atoms with van der Waals surface area (Å²) in [6, 6.07) is 0. The summed E-state index contributed by atoms with van der Waals surface area (Å²) >= 11 is 1.71. The lowest BCUT2D eigenvalue weighted by Crippen LogP contribution is -2.34. The van der Waals surface area contributed by atoms with E-state index in [0.29, 0.717) is 30.7 Å². The molecule has 0 radical (unpaired) electrons. The number of nitrogens with zero attached hydrogens (tertiary/aromatic N) is 4. The Morgan fingerprint density at radius 3 is 3.08 bits per heavy atom. The van der Waals surface area contributed by atoms with Crippen molar-refractivity contribution in [2.24, 2.45) is 11.8 Å². The first-order valence-electron chi connectivity index (χ1n) is 8.48. The Labute approximate surface area is 150 Å². The van der Waals surface area contributed by atoms with Crippen LogP contribution in [0.5, 0.6) is 0 Å². The Kier molecular flexibility index (Phi) is 4.74. The number of ether oxygens (including phenoxy) is 1. The molecular weight excluding hydrogens is 338 g/mol. The molecule has 7 nitrogen and oxygen atoms in total. The summed E-state index contributed by atoms with van der Waals surface area (Å²) in [6.07, 6.45) is 4.84. The maximum atomic E-state index is 12.1. The molecular formula is C17H21N5O2S. The average Bonchev–Trinajstić information content (AvgIpc) is 3.31. The summed E-state index contributed by atoms with van der Waals surface area (Å²) in [5.74, 6) is 0.639. The number of likely N-dealkylation sites (tertiary alicyclic amines) is 1. The molecule has 1 N–H and O–H groups in total. The van der Waals surface area contributed by atoms with Crippen LogP contribution in [0.15, 0.2) is 24.1 Å². The minimum absolute atomic E-state index is 0.174. The standard InChI is InChI=1S/C17H21N5O2S/c1-11-16(25-10-21-11)8-22-6-13-12(9-24-15(13)7-22)4-20-17(23)14-5-18-2-3-19-14/h2-3,5,10,12-13,15H,4,6-9H2,1H3,(H,20,23)/t12-,13+,15+/m0/s1. The van der Waals surface area contributed by atoms with Crippen molar-refractivity contribution in [1.82, 2.24) is 25.2 Å². The summed E-state index contributed by atoms with van der Waals surface area (Å²) in [5, 5.41) is 2.98. The molecule has 25 heavy (non-hydrogen) atoms. The monoisotopic (exact) mass is 359 g/mol. The lowest BCUT2D eigenvalue weighted by Gasteiger charge is -2.19. The fourth-order valence-corrected chi connectivity index (χ4v) is 4.45. The van der Waals surface area contributed by atoms with Gasteiger partial charge in [-0.3, -0.25) is 14.7 Å². The molecule has 2 aromatic heterocycles. The second kappa shape index (κ2) is 7.15. The predicted octanol–water partition coefficient (Wildman–Crippen LogP) is 1.12. The maximum absolute atomic E-state index is 12.1. The zero-order valence-electron chi connectivity index (χ0n) is 14.1. The average molecular weight is 359 g/mol. The molecule has 2 aromatic rings. The van der Waals surface area contributed by atoms with Gasteiger partial charge in [0, 0.05) is 55.3 Å². The zero-order chi connectivity index (χ0) is 17.2. The van der Waals surface area contributed by atoms with E-state index >= 15 is 0 Å². The van der Waals surface area contributed by atoms with Crippen LogP contribution in [-0.4, -0.2) is 58.1 Å². The number of nitrogens with one attached hydrogen (secondary N) is 1. The summed E-state index contributed by atoms with van der Waals surface area (Å²) < 4.78 is 5.97. The van der Waals surface area contributed by atoms with Gasteiger partial charge in [-0.2, -0.15) is 0 Å². The molecule has 2 aliphatic rings. The highest BCUT2D eigenvalue weighted by molar-refractivity contribution is 7.09. The lowest BCUT2D eigenvalue weighted by atomic mass is 9.93. The molecule has 0 unspecified atom stereocenters. The molecule has 4 heterocycles. The van der Waals surface area contributed by atoms with E-state index in [9.17, 15) is 4.79 Å². The third-order valence-electron chi connectivity index (χ3n) is 5.05. The van der Waals surface area contributed by atoms with Gasteiger partial charge in [0.15, 0.2) is 0 Å². The lowest BCUT2D eigenvalue weighted by molar-refractivity contribution is 0.0901. The maximum Gasteiger partial charge on any atom is 0.271 e. The normalized spacial score (nSPS) is 25.9. The van der Waals surface area contributed by atoms with Crippen LogP contribution in [0.1, 0.15) is 21.1 Å². The topological polar surface area (TPSA) is 80.2 Å². The first-order valence-corrected chi connectivity index (χ1v) is 9.36.